The molecule has 2 rings (SSSR count). The van der Waals surface area contributed by atoms with Crippen LogP contribution in [0.3, 0.4) is 0 Å². The lowest BCUT2D eigenvalue weighted by Gasteiger charge is -2.29. The second kappa shape index (κ2) is 7.26. The minimum atomic E-state index is -0.578. The molecule has 1 saturated heterocycles. The van der Waals surface area contributed by atoms with E-state index in [1.807, 2.05) is 6.07 Å². The minimum absolute atomic E-state index is 0.578. The van der Waals surface area contributed by atoms with Crippen molar-refractivity contribution in [3.63, 3.8) is 0 Å². The average Bonchev–Trinajstić information content (AvgIpc) is 2.48. The number of piperazine rings is 1. The van der Waals surface area contributed by atoms with Crippen LogP contribution in [0.15, 0.2) is 16.6 Å². The Kier molecular flexibility index (Phi) is 5.65. The van der Waals surface area contributed by atoms with Crippen molar-refractivity contribution in [1.29, 1.82) is 0 Å². The van der Waals surface area contributed by atoms with Crippen molar-refractivity contribution in [2.45, 2.75) is 6.10 Å². The molecular formula is C14H21BrN2O3. The fourth-order valence-electron chi connectivity index (χ4n) is 2.38. The zero-order valence-electron chi connectivity index (χ0n) is 11.9. The van der Waals surface area contributed by atoms with Crippen molar-refractivity contribution in [3.8, 4) is 11.5 Å². The van der Waals surface area contributed by atoms with Gasteiger partial charge >= 0.3 is 0 Å². The summed E-state index contributed by atoms with van der Waals surface area (Å²) in [6, 6.07) is 3.66. The normalized spacial score (nSPS) is 17.8. The van der Waals surface area contributed by atoms with E-state index in [0.29, 0.717) is 18.0 Å². The van der Waals surface area contributed by atoms with Crippen LogP contribution in [-0.2, 0) is 0 Å². The first kappa shape index (κ1) is 15.6. The van der Waals surface area contributed by atoms with Crippen LogP contribution >= 0.6 is 15.9 Å². The molecule has 1 aromatic carbocycles. The van der Waals surface area contributed by atoms with Gasteiger partial charge in [-0.3, -0.25) is 4.90 Å². The van der Waals surface area contributed by atoms with E-state index in [4.69, 9.17) is 9.47 Å². The van der Waals surface area contributed by atoms with Gasteiger partial charge in [-0.2, -0.15) is 0 Å². The van der Waals surface area contributed by atoms with Gasteiger partial charge in [-0.25, -0.2) is 0 Å². The van der Waals surface area contributed by atoms with E-state index < -0.39 is 6.10 Å². The lowest BCUT2D eigenvalue weighted by atomic mass is 10.1. The summed E-state index contributed by atoms with van der Waals surface area (Å²) in [5.74, 6) is 1.34. The number of hydrogen-bond acceptors (Lipinski definition) is 5. The quantitative estimate of drug-likeness (QED) is 0.845. The van der Waals surface area contributed by atoms with Crippen LogP contribution < -0.4 is 14.8 Å². The smallest absolute Gasteiger partial charge is 0.136 e. The third-order valence-electron chi connectivity index (χ3n) is 3.50. The Morgan fingerprint density at radius 2 is 1.90 bits per heavy atom. The van der Waals surface area contributed by atoms with Crippen molar-refractivity contribution < 1.29 is 14.6 Å². The van der Waals surface area contributed by atoms with Crippen LogP contribution in [0, 0.1) is 0 Å². The Morgan fingerprint density at radius 1 is 1.25 bits per heavy atom. The highest BCUT2D eigenvalue weighted by molar-refractivity contribution is 9.10. The summed E-state index contributed by atoms with van der Waals surface area (Å²) in [6.45, 7) is 4.45. The fraction of sp³-hybridized carbons (Fsp3) is 0.571. The van der Waals surface area contributed by atoms with E-state index >= 15 is 0 Å². The second-order valence-electron chi connectivity index (χ2n) is 4.80. The maximum absolute atomic E-state index is 10.5. The van der Waals surface area contributed by atoms with Crippen LogP contribution in [-0.4, -0.2) is 56.9 Å². The summed E-state index contributed by atoms with van der Waals surface area (Å²) < 4.78 is 11.4. The summed E-state index contributed by atoms with van der Waals surface area (Å²) >= 11 is 3.45. The first-order valence-electron chi connectivity index (χ1n) is 6.68. The number of rotatable bonds is 5. The maximum Gasteiger partial charge on any atom is 0.136 e. The van der Waals surface area contributed by atoms with Gasteiger partial charge in [0.05, 0.1) is 24.8 Å². The molecule has 1 aromatic rings. The molecule has 1 atom stereocenters. The van der Waals surface area contributed by atoms with Crippen molar-refractivity contribution in [3.05, 3.63) is 22.2 Å². The highest BCUT2D eigenvalue weighted by atomic mass is 79.9. The summed E-state index contributed by atoms with van der Waals surface area (Å²) in [6.07, 6.45) is -0.578. The van der Waals surface area contributed by atoms with Crippen LogP contribution in [0.4, 0.5) is 0 Å². The monoisotopic (exact) mass is 344 g/mol. The molecule has 0 aliphatic carbocycles. The molecule has 0 amide bonds. The predicted molar refractivity (Wildman–Crippen MR) is 81.5 cm³/mol. The highest BCUT2D eigenvalue weighted by Gasteiger charge is 2.20. The van der Waals surface area contributed by atoms with E-state index in [1.54, 1.807) is 20.3 Å². The Morgan fingerprint density at radius 3 is 2.50 bits per heavy atom. The van der Waals surface area contributed by atoms with Gasteiger partial charge in [-0.15, -0.1) is 0 Å². The molecule has 0 spiro atoms. The van der Waals surface area contributed by atoms with Gasteiger partial charge in [-0.05, 0) is 22.0 Å². The number of aliphatic hydroxyl groups excluding tert-OH is 1. The van der Waals surface area contributed by atoms with Crippen LogP contribution in [0.1, 0.15) is 11.7 Å². The molecule has 112 valence electrons. The molecule has 2 N–H and O–H groups in total. The highest BCUT2D eigenvalue weighted by Crippen LogP contribution is 2.36. The molecule has 0 aromatic heterocycles. The molecule has 1 aliphatic heterocycles. The average molecular weight is 345 g/mol. The van der Waals surface area contributed by atoms with Crippen LogP contribution in [0.5, 0.6) is 11.5 Å². The van der Waals surface area contributed by atoms with Crippen molar-refractivity contribution in [2.75, 3.05) is 46.9 Å². The summed E-state index contributed by atoms with van der Waals surface area (Å²) in [4.78, 5) is 2.25. The molecule has 1 unspecified atom stereocenters. The summed E-state index contributed by atoms with van der Waals surface area (Å²) in [5, 5.41) is 13.8. The topological polar surface area (TPSA) is 54.0 Å². The zero-order valence-corrected chi connectivity index (χ0v) is 13.4. The number of hydrogen-bond donors (Lipinski definition) is 2. The number of nitrogens with one attached hydrogen (secondary N) is 1. The van der Waals surface area contributed by atoms with Crippen molar-refractivity contribution >= 4 is 15.9 Å². The standard InChI is InChI=1S/C14H21BrN2O3/c1-19-13-8-14(20-2)11(15)7-10(13)12(18)9-17-5-3-16-4-6-17/h7-8,12,16,18H,3-6,9H2,1-2H3. The van der Waals surface area contributed by atoms with E-state index in [1.165, 1.54) is 0 Å². The van der Waals surface area contributed by atoms with Crippen LogP contribution in [0.2, 0.25) is 0 Å². The molecule has 0 radical (unpaired) electrons. The Hall–Kier alpha value is -0.820. The number of β-amino-alcohol motifs (C(OH)–C–C–N with tert-alkyl or cyclic N) is 1. The fourth-order valence-corrected chi connectivity index (χ4v) is 2.90. The summed E-state index contributed by atoms with van der Waals surface area (Å²) in [7, 11) is 3.21. The van der Waals surface area contributed by atoms with Crippen molar-refractivity contribution in [2.24, 2.45) is 0 Å². The van der Waals surface area contributed by atoms with E-state index in [9.17, 15) is 5.11 Å². The predicted octanol–water partition coefficient (Wildman–Crippen LogP) is 1.40. The summed E-state index contributed by atoms with van der Waals surface area (Å²) in [5.41, 5.74) is 0.777. The molecule has 1 aliphatic rings. The molecule has 20 heavy (non-hydrogen) atoms. The van der Waals surface area contributed by atoms with Crippen LogP contribution in [0.25, 0.3) is 0 Å². The van der Waals surface area contributed by atoms with Gasteiger partial charge in [-0.1, -0.05) is 0 Å². The van der Waals surface area contributed by atoms with Gasteiger partial charge in [0, 0.05) is 44.4 Å². The van der Waals surface area contributed by atoms with Gasteiger partial charge in [0.25, 0.3) is 0 Å². The Balaban J connectivity index is 2.15. The first-order chi connectivity index (χ1) is 9.65. The molecular weight excluding hydrogens is 324 g/mol. The second-order valence-corrected chi connectivity index (χ2v) is 5.65. The molecule has 1 fully saturated rings. The third kappa shape index (κ3) is 3.63. The number of aliphatic hydroxyl groups is 1. The molecule has 0 bridgehead atoms. The number of ether oxygens (including phenoxy) is 2. The first-order valence-corrected chi connectivity index (χ1v) is 7.47. The number of nitrogens with zero attached hydrogens (tertiary/aromatic N) is 1. The number of benzene rings is 1. The van der Waals surface area contributed by atoms with E-state index in [-0.39, 0.29) is 0 Å². The SMILES string of the molecule is COc1cc(OC)c(C(O)CN2CCNCC2)cc1Br. The molecule has 1 heterocycles. The van der Waals surface area contributed by atoms with E-state index in [2.05, 4.69) is 26.1 Å². The van der Waals surface area contributed by atoms with E-state index in [0.717, 1.165) is 36.2 Å². The number of halogens is 1. The lowest BCUT2D eigenvalue weighted by Crippen LogP contribution is -2.45. The Bertz CT molecular complexity index is 450. The molecule has 0 saturated carbocycles. The van der Waals surface area contributed by atoms with Gasteiger partial charge < -0.3 is 19.9 Å². The van der Waals surface area contributed by atoms with Gasteiger partial charge in [0.2, 0.25) is 0 Å². The van der Waals surface area contributed by atoms with Gasteiger partial charge in [0.1, 0.15) is 11.5 Å². The van der Waals surface area contributed by atoms with Crippen molar-refractivity contribution in [1.82, 2.24) is 10.2 Å². The third-order valence-corrected chi connectivity index (χ3v) is 4.12. The minimum Gasteiger partial charge on any atom is -0.496 e. The Labute approximate surface area is 128 Å². The number of methoxy groups -OCH3 is 2. The zero-order chi connectivity index (χ0) is 14.5. The largest absolute Gasteiger partial charge is 0.496 e. The molecule has 5 nitrogen and oxygen atoms in total. The lowest BCUT2D eigenvalue weighted by molar-refractivity contribution is 0.103. The van der Waals surface area contributed by atoms with Gasteiger partial charge in [0.15, 0.2) is 0 Å². The maximum atomic E-state index is 10.5. The molecule has 6 heteroatoms.